The van der Waals surface area contributed by atoms with Gasteiger partial charge in [-0.1, -0.05) is 60.7 Å². The number of carbonyl (C=O) groups excluding carboxylic acids is 1. The third-order valence-electron chi connectivity index (χ3n) is 6.12. The SMILES string of the molecule is O=C1NCCc2c1cc(-c1ccncc1)n2CCC(c1ccccc1)c1ccccc1. The van der Waals surface area contributed by atoms with Crippen molar-refractivity contribution in [2.45, 2.75) is 25.3 Å². The highest BCUT2D eigenvalue weighted by Gasteiger charge is 2.25. The minimum Gasteiger partial charge on any atom is -0.352 e. The van der Waals surface area contributed by atoms with Gasteiger partial charge >= 0.3 is 0 Å². The first-order valence-corrected chi connectivity index (χ1v) is 10.8. The van der Waals surface area contributed by atoms with Crippen LogP contribution < -0.4 is 5.32 Å². The Morgan fingerprint density at radius 1 is 0.903 bits per heavy atom. The highest BCUT2D eigenvalue weighted by Crippen LogP contribution is 2.32. The Hall–Kier alpha value is -3.66. The Kier molecular flexibility index (Phi) is 5.36. The minimum absolute atomic E-state index is 0.0259. The highest BCUT2D eigenvalue weighted by atomic mass is 16.1. The number of fused-ring (bicyclic) bond motifs is 1. The standard InChI is InChI=1S/C27H25N3O/c31-27-24-19-26(22-11-15-28-16-12-22)30(25(24)13-17-29-27)18-14-23(20-7-3-1-4-8-20)21-9-5-2-6-10-21/h1-12,15-16,19,23H,13-14,17-18H2,(H,29,31). The van der Waals surface area contributed by atoms with Crippen molar-refractivity contribution in [1.82, 2.24) is 14.9 Å². The van der Waals surface area contributed by atoms with Crippen LogP contribution in [0, 0.1) is 0 Å². The van der Waals surface area contributed by atoms with Crippen molar-refractivity contribution in [2.75, 3.05) is 6.54 Å². The van der Waals surface area contributed by atoms with E-state index in [1.807, 2.05) is 30.6 Å². The maximum atomic E-state index is 12.5. The van der Waals surface area contributed by atoms with Crippen LogP contribution >= 0.6 is 0 Å². The van der Waals surface area contributed by atoms with Crippen LogP contribution in [0.15, 0.2) is 91.3 Å². The van der Waals surface area contributed by atoms with Crippen molar-refractivity contribution in [1.29, 1.82) is 0 Å². The molecule has 0 bridgehead atoms. The second kappa shape index (κ2) is 8.60. The van der Waals surface area contributed by atoms with Crippen molar-refractivity contribution in [3.63, 3.8) is 0 Å². The maximum Gasteiger partial charge on any atom is 0.253 e. The van der Waals surface area contributed by atoms with Crippen LogP contribution in [0.5, 0.6) is 0 Å². The Bertz CT molecular complexity index is 1130. The summed E-state index contributed by atoms with van der Waals surface area (Å²) in [5.74, 6) is 0.320. The summed E-state index contributed by atoms with van der Waals surface area (Å²) in [6, 6.07) is 27.5. The number of hydrogen-bond donors (Lipinski definition) is 1. The van der Waals surface area contributed by atoms with Gasteiger partial charge in [0.25, 0.3) is 5.91 Å². The topological polar surface area (TPSA) is 46.9 Å². The van der Waals surface area contributed by atoms with Gasteiger partial charge in [0.15, 0.2) is 0 Å². The van der Waals surface area contributed by atoms with Crippen LogP contribution in [0.4, 0.5) is 0 Å². The number of nitrogens with one attached hydrogen (secondary N) is 1. The lowest BCUT2D eigenvalue weighted by Crippen LogP contribution is -2.32. The summed E-state index contributed by atoms with van der Waals surface area (Å²) in [5, 5.41) is 2.98. The summed E-state index contributed by atoms with van der Waals surface area (Å²) in [6.45, 7) is 1.53. The number of benzene rings is 2. The molecule has 31 heavy (non-hydrogen) atoms. The lowest BCUT2D eigenvalue weighted by molar-refractivity contribution is 0.0945. The van der Waals surface area contributed by atoms with Crippen LogP contribution in [0.2, 0.25) is 0 Å². The van der Waals surface area contributed by atoms with Crippen molar-refractivity contribution < 1.29 is 4.79 Å². The molecule has 1 aliphatic heterocycles. The molecular weight excluding hydrogens is 382 g/mol. The van der Waals surface area contributed by atoms with Gasteiger partial charge in [0.05, 0.1) is 5.56 Å². The van der Waals surface area contributed by atoms with E-state index in [9.17, 15) is 4.79 Å². The third-order valence-corrected chi connectivity index (χ3v) is 6.12. The fraction of sp³-hybridized carbons (Fsp3) is 0.185. The van der Waals surface area contributed by atoms with Crippen LogP contribution in [0.1, 0.15) is 39.5 Å². The molecule has 5 rings (SSSR count). The van der Waals surface area contributed by atoms with Crippen molar-refractivity contribution >= 4 is 5.91 Å². The molecule has 154 valence electrons. The number of nitrogens with zero attached hydrogens (tertiary/aromatic N) is 2. The van der Waals surface area contributed by atoms with Gasteiger partial charge in [0.2, 0.25) is 0 Å². The zero-order valence-electron chi connectivity index (χ0n) is 17.4. The molecule has 0 atom stereocenters. The summed E-state index contributed by atoms with van der Waals surface area (Å²) in [4.78, 5) is 16.7. The molecule has 4 nitrogen and oxygen atoms in total. The van der Waals surface area contributed by atoms with E-state index in [1.165, 1.54) is 11.1 Å². The Morgan fingerprint density at radius 2 is 1.55 bits per heavy atom. The summed E-state index contributed by atoms with van der Waals surface area (Å²) in [6.07, 6.45) is 5.42. The van der Waals surface area contributed by atoms with E-state index in [1.54, 1.807) is 0 Å². The molecule has 0 unspecified atom stereocenters. The molecule has 0 fully saturated rings. The van der Waals surface area contributed by atoms with Gasteiger partial charge in [-0.05, 0) is 35.7 Å². The second-order valence-electron chi connectivity index (χ2n) is 7.95. The first-order valence-electron chi connectivity index (χ1n) is 10.8. The molecule has 0 saturated heterocycles. The Balaban J connectivity index is 1.53. The van der Waals surface area contributed by atoms with Gasteiger partial charge < -0.3 is 9.88 Å². The van der Waals surface area contributed by atoms with E-state index in [-0.39, 0.29) is 5.91 Å². The molecule has 2 aromatic heterocycles. The molecule has 1 amide bonds. The predicted molar refractivity (Wildman–Crippen MR) is 123 cm³/mol. The fourth-order valence-corrected chi connectivity index (χ4v) is 4.62. The van der Waals surface area contributed by atoms with E-state index in [0.29, 0.717) is 12.5 Å². The minimum atomic E-state index is 0.0259. The average molecular weight is 408 g/mol. The molecule has 0 spiro atoms. The van der Waals surface area contributed by atoms with Gasteiger partial charge in [0.1, 0.15) is 0 Å². The number of amides is 1. The summed E-state index contributed by atoms with van der Waals surface area (Å²) < 4.78 is 2.35. The molecule has 0 radical (unpaired) electrons. The number of rotatable bonds is 6. The van der Waals surface area contributed by atoms with E-state index in [4.69, 9.17) is 0 Å². The third kappa shape index (κ3) is 3.89. The molecule has 1 N–H and O–H groups in total. The summed E-state index contributed by atoms with van der Waals surface area (Å²) >= 11 is 0. The largest absolute Gasteiger partial charge is 0.352 e. The molecule has 0 aliphatic carbocycles. The quantitative estimate of drug-likeness (QED) is 0.486. The van der Waals surface area contributed by atoms with Gasteiger partial charge in [-0.25, -0.2) is 0 Å². The molecular formula is C27H25N3O. The smallest absolute Gasteiger partial charge is 0.253 e. The van der Waals surface area contributed by atoms with Gasteiger partial charge in [0, 0.05) is 54.8 Å². The second-order valence-corrected chi connectivity index (χ2v) is 7.95. The van der Waals surface area contributed by atoms with Crippen LogP contribution in [0.3, 0.4) is 0 Å². The van der Waals surface area contributed by atoms with Crippen molar-refractivity contribution in [3.05, 3.63) is 114 Å². The van der Waals surface area contributed by atoms with Gasteiger partial charge in [-0.3, -0.25) is 9.78 Å². The zero-order valence-corrected chi connectivity index (χ0v) is 17.4. The van der Waals surface area contributed by atoms with Crippen LogP contribution in [-0.4, -0.2) is 22.0 Å². The molecule has 1 aliphatic rings. The Labute approximate surface area is 182 Å². The monoisotopic (exact) mass is 407 g/mol. The first-order chi connectivity index (χ1) is 15.3. The number of pyridine rings is 1. The maximum absolute atomic E-state index is 12.5. The summed E-state index contributed by atoms with van der Waals surface area (Å²) in [5.41, 5.74) is 6.75. The molecule has 3 heterocycles. The van der Waals surface area contributed by atoms with Crippen LogP contribution in [0.25, 0.3) is 11.3 Å². The fourth-order valence-electron chi connectivity index (χ4n) is 4.62. The zero-order chi connectivity index (χ0) is 21.0. The van der Waals surface area contributed by atoms with Crippen molar-refractivity contribution in [3.8, 4) is 11.3 Å². The predicted octanol–water partition coefficient (Wildman–Crippen LogP) is 5.06. The molecule has 2 aromatic carbocycles. The van der Waals surface area contributed by atoms with E-state index in [0.717, 1.165) is 41.9 Å². The lowest BCUT2D eigenvalue weighted by Gasteiger charge is -2.22. The average Bonchev–Trinajstić information content (AvgIpc) is 3.21. The molecule has 4 aromatic rings. The summed E-state index contributed by atoms with van der Waals surface area (Å²) in [7, 11) is 0. The van der Waals surface area contributed by atoms with Gasteiger partial charge in [-0.2, -0.15) is 0 Å². The van der Waals surface area contributed by atoms with Gasteiger partial charge in [-0.15, -0.1) is 0 Å². The Morgan fingerprint density at radius 3 is 2.19 bits per heavy atom. The lowest BCUT2D eigenvalue weighted by atomic mass is 9.88. The molecule has 0 saturated carbocycles. The van der Waals surface area contributed by atoms with Crippen molar-refractivity contribution in [2.24, 2.45) is 0 Å². The molecule has 4 heteroatoms. The first kappa shape index (κ1) is 19.3. The van der Waals surface area contributed by atoms with Crippen LogP contribution in [-0.2, 0) is 13.0 Å². The highest BCUT2D eigenvalue weighted by molar-refractivity contribution is 5.98. The normalized spacial score (nSPS) is 13.1. The van der Waals surface area contributed by atoms with E-state index in [2.05, 4.69) is 75.5 Å². The van der Waals surface area contributed by atoms with E-state index >= 15 is 0 Å². The number of aromatic nitrogens is 2. The van der Waals surface area contributed by atoms with E-state index < -0.39 is 0 Å². The number of hydrogen-bond acceptors (Lipinski definition) is 2. The number of carbonyl (C=O) groups is 1.